The van der Waals surface area contributed by atoms with Gasteiger partial charge in [-0.2, -0.15) is 8.78 Å². The number of rotatable bonds is 8. The van der Waals surface area contributed by atoms with E-state index >= 15 is 0 Å². The van der Waals surface area contributed by atoms with Gasteiger partial charge in [0.15, 0.2) is 17.3 Å². The van der Waals surface area contributed by atoms with Crippen LogP contribution in [0, 0.1) is 0 Å². The molecule has 0 aliphatic carbocycles. The first-order valence-corrected chi connectivity index (χ1v) is 8.00. The Balaban J connectivity index is 2.28. The number of carboxylic acid groups (broad SMARTS) is 1. The molecule has 0 bridgehead atoms. The van der Waals surface area contributed by atoms with Crippen molar-refractivity contribution in [1.29, 1.82) is 0 Å². The Bertz CT molecular complexity index is 798. The van der Waals surface area contributed by atoms with Gasteiger partial charge in [0, 0.05) is 5.56 Å². The lowest BCUT2D eigenvalue weighted by atomic mass is 10.1. The number of carbonyl (C=O) groups is 2. The molecular weight excluding hydrogens is 354 g/mol. The average Bonchev–Trinajstić information content (AvgIpc) is 3.05. The maximum Gasteiger partial charge on any atom is 0.387 e. The van der Waals surface area contributed by atoms with Crippen molar-refractivity contribution < 1.29 is 33.0 Å². The van der Waals surface area contributed by atoms with Crippen LogP contribution in [0.15, 0.2) is 36.4 Å². The highest BCUT2D eigenvalue weighted by Crippen LogP contribution is 2.33. The molecule has 0 spiro atoms. The molecule has 25 heavy (non-hydrogen) atoms. The zero-order valence-electron chi connectivity index (χ0n) is 13.1. The molecule has 8 heteroatoms. The first kappa shape index (κ1) is 18.6. The van der Waals surface area contributed by atoms with Gasteiger partial charge in [-0.05, 0) is 37.3 Å². The molecule has 1 heterocycles. The molecule has 5 nitrogen and oxygen atoms in total. The number of aromatic carboxylic acids is 1. The third-order valence-corrected chi connectivity index (χ3v) is 4.08. The number of carboxylic acids is 1. The van der Waals surface area contributed by atoms with E-state index < -0.39 is 18.4 Å². The van der Waals surface area contributed by atoms with Crippen molar-refractivity contribution >= 4 is 29.2 Å². The Labute approximate surface area is 146 Å². The van der Waals surface area contributed by atoms with Crippen LogP contribution in [0.2, 0.25) is 0 Å². The summed E-state index contributed by atoms with van der Waals surface area (Å²) in [5.41, 5.74) is 0.245. The molecular formula is C17H14F2O5S. The smallest absolute Gasteiger partial charge is 0.387 e. The summed E-state index contributed by atoms with van der Waals surface area (Å²) in [5.74, 6) is -1.59. The van der Waals surface area contributed by atoms with Crippen LogP contribution in [0.25, 0.3) is 6.08 Å². The molecule has 0 aliphatic rings. The molecule has 0 fully saturated rings. The predicted octanol–water partition coefficient (Wildman–Crippen LogP) is 4.34. The van der Waals surface area contributed by atoms with E-state index in [4.69, 9.17) is 9.84 Å². The highest BCUT2D eigenvalue weighted by molar-refractivity contribution is 7.16. The molecule has 1 N–H and O–H groups in total. The summed E-state index contributed by atoms with van der Waals surface area (Å²) >= 11 is 0.834. The van der Waals surface area contributed by atoms with Crippen LogP contribution in [-0.2, 0) is 0 Å². The van der Waals surface area contributed by atoms with Gasteiger partial charge in [-0.1, -0.05) is 12.1 Å². The van der Waals surface area contributed by atoms with Crippen LogP contribution < -0.4 is 9.47 Å². The van der Waals surface area contributed by atoms with Crippen molar-refractivity contribution in [2.75, 3.05) is 6.61 Å². The monoisotopic (exact) mass is 368 g/mol. The molecule has 0 saturated carbocycles. The minimum absolute atomic E-state index is 0.0387. The first-order chi connectivity index (χ1) is 11.9. The second-order valence-corrected chi connectivity index (χ2v) is 5.74. The largest absolute Gasteiger partial charge is 0.490 e. The van der Waals surface area contributed by atoms with Crippen molar-refractivity contribution in [1.82, 2.24) is 0 Å². The Morgan fingerprint density at radius 3 is 2.56 bits per heavy atom. The lowest BCUT2D eigenvalue weighted by Crippen LogP contribution is -2.06. The van der Waals surface area contributed by atoms with E-state index in [1.165, 1.54) is 36.4 Å². The number of hydrogen-bond donors (Lipinski definition) is 1. The molecule has 2 rings (SSSR count). The van der Waals surface area contributed by atoms with Crippen LogP contribution in [0.3, 0.4) is 0 Å². The highest BCUT2D eigenvalue weighted by Gasteiger charge is 2.15. The number of hydrogen-bond acceptors (Lipinski definition) is 5. The Morgan fingerprint density at radius 2 is 1.96 bits per heavy atom. The maximum atomic E-state index is 12.6. The molecule has 0 saturated heterocycles. The number of thiophene rings is 1. The van der Waals surface area contributed by atoms with E-state index in [1.54, 1.807) is 13.0 Å². The van der Waals surface area contributed by atoms with Crippen molar-refractivity contribution in [2.45, 2.75) is 13.5 Å². The van der Waals surface area contributed by atoms with Crippen molar-refractivity contribution in [3.8, 4) is 11.5 Å². The van der Waals surface area contributed by atoms with E-state index in [-0.39, 0.29) is 33.4 Å². The van der Waals surface area contributed by atoms with E-state index in [1.807, 2.05) is 0 Å². The van der Waals surface area contributed by atoms with Crippen LogP contribution >= 0.6 is 11.3 Å². The zero-order valence-corrected chi connectivity index (χ0v) is 13.9. The van der Waals surface area contributed by atoms with Crippen LogP contribution in [0.4, 0.5) is 8.78 Å². The van der Waals surface area contributed by atoms with Crippen molar-refractivity contribution in [3.05, 3.63) is 51.7 Å². The summed E-state index contributed by atoms with van der Waals surface area (Å²) in [6, 6.07) is 7.30. The van der Waals surface area contributed by atoms with E-state index in [0.717, 1.165) is 11.3 Å². The second kappa shape index (κ2) is 8.39. The number of ether oxygens (including phenoxy) is 2. The van der Waals surface area contributed by atoms with Gasteiger partial charge in [0.2, 0.25) is 0 Å². The number of carbonyl (C=O) groups excluding carboxylic acids is 1. The predicted molar refractivity (Wildman–Crippen MR) is 88.9 cm³/mol. The number of benzene rings is 1. The van der Waals surface area contributed by atoms with Gasteiger partial charge in [0.1, 0.15) is 4.88 Å². The normalized spacial score (nSPS) is 11.0. The quantitative estimate of drug-likeness (QED) is 0.554. The number of halogens is 2. The van der Waals surface area contributed by atoms with Crippen LogP contribution in [0.1, 0.15) is 31.8 Å². The number of allylic oxidation sites excluding steroid dienone is 1. The van der Waals surface area contributed by atoms with Gasteiger partial charge in [0.25, 0.3) is 0 Å². The molecule has 1 aromatic carbocycles. The van der Waals surface area contributed by atoms with Gasteiger partial charge in [0.05, 0.1) is 11.5 Å². The summed E-state index contributed by atoms with van der Waals surface area (Å²) in [5, 5.41) is 8.87. The second-order valence-electron chi connectivity index (χ2n) is 4.65. The van der Waals surface area contributed by atoms with Gasteiger partial charge >= 0.3 is 12.6 Å². The fourth-order valence-corrected chi connectivity index (χ4v) is 2.75. The fourth-order valence-electron chi connectivity index (χ4n) is 1.98. The first-order valence-electron chi connectivity index (χ1n) is 7.18. The SMILES string of the molecule is CCOc1cccc(/C=C/C(=O)c2ccc(C(=O)O)s2)c1OC(F)F. The number of para-hydroxylation sites is 1. The third kappa shape index (κ3) is 4.87. The summed E-state index contributed by atoms with van der Waals surface area (Å²) in [6.45, 7) is -1.08. The highest BCUT2D eigenvalue weighted by atomic mass is 32.1. The van der Waals surface area contributed by atoms with Gasteiger partial charge in [-0.15, -0.1) is 11.3 Å². The Kier molecular flexibility index (Phi) is 6.24. The standard InChI is InChI=1S/C17H14F2O5S/c1-2-23-12-5-3-4-10(15(12)24-17(18)19)6-7-11(20)13-8-9-14(25-13)16(21)22/h3-9,17H,2H2,1H3,(H,21,22)/b7-6+. The molecule has 0 amide bonds. The molecule has 132 valence electrons. The van der Waals surface area contributed by atoms with Gasteiger partial charge in [-0.25, -0.2) is 4.79 Å². The minimum Gasteiger partial charge on any atom is -0.490 e. The average molecular weight is 368 g/mol. The molecule has 0 atom stereocenters. The molecule has 1 aromatic heterocycles. The summed E-state index contributed by atoms with van der Waals surface area (Å²) in [7, 11) is 0. The lowest BCUT2D eigenvalue weighted by Gasteiger charge is -2.13. The summed E-state index contributed by atoms with van der Waals surface area (Å²) in [4.78, 5) is 23.2. The van der Waals surface area contributed by atoms with Crippen LogP contribution in [-0.4, -0.2) is 30.1 Å². The molecule has 2 aromatic rings. The van der Waals surface area contributed by atoms with E-state index in [9.17, 15) is 18.4 Å². The molecule has 0 radical (unpaired) electrons. The number of alkyl halides is 2. The van der Waals surface area contributed by atoms with Gasteiger partial charge < -0.3 is 14.6 Å². The minimum atomic E-state index is -3.04. The molecule has 0 unspecified atom stereocenters. The Morgan fingerprint density at radius 1 is 1.24 bits per heavy atom. The Hall–Kier alpha value is -2.74. The zero-order chi connectivity index (χ0) is 18.4. The topological polar surface area (TPSA) is 72.8 Å². The third-order valence-electron chi connectivity index (χ3n) is 2.99. The fraction of sp³-hybridized carbons (Fsp3) is 0.176. The van der Waals surface area contributed by atoms with Crippen molar-refractivity contribution in [3.63, 3.8) is 0 Å². The van der Waals surface area contributed by atoms with E-state index in [2.05, 4.69) is 4.74 Å². The lowest BCUT2D eigenvalue weighted by molar-refractivity contribution is -0.0515. The number of ketones is 1. The summed E-state index contributed by atoms with van der Waals surface area (Å²) in [6.07, 6.45) is 2.49. The summed E-state index contributed by atoms with van der Waals surface area (Å²) < 4.78 is 35.0. The molecule has 0 aliphatic heterocycles. The maximum absolute atomic E-state index is 12.6. The van der Waals surface area contributed by atoms with Crippen molar-refractivity contribution in [2.24, 2.45) is 0 Å². The van der Waals surface area contributed by atoms with Gasteiger partial charge in [-0.3, -0.25) is 4.79 Å². The van der Waals surface area contributed by atoms with E-state index in [0.29, 0.717) is 0 Å². The van der Waals surface area contributed by atoms with Crippen LogP contribution in [0.5, 0.6) is 11.5 Å².